The summed E-state index contributed by atoms with van der Waals surface area (Å²) in [5.74, 6) is 1.29. The van der Waals surface area contributed by atoms with Gasteiger partial charge in [-0.2, -0.15) is 0 Å². The lowest BCUT2D eigenvalue weighted by atomic mass is 9.70. The summed E-state index contributed by atoms with van der Waals surface area (Å²) in [7, 11) is 0. The molecular weight excluding hydrogens is 416 g/mol. The molecule has 2 N–H and O–H groups in total. The Morgan fingerprint density at radius 3 is 2.61 bits per heavy atom. The van der Waals surface area contributed by atoms with Crippen LogP contribution in [0.25, 0.3) is 23.0 Å². The van der Waals surface area contributed by atoms with Crippen LogP contribution in [-0.2, 0) is 11.2 Å². The van der Waals surface area contributed by atoms with Crippen molar-refractivity contribution in [3.8, 4) is 11.4 Å². The van der Waals surface area contributed by atoms with E-state index in [2.05, 4.69) is 25.8 Å². The van der Waals surface area contributed by atoms with Gasteiger partial charge in [0.15, 0.2) is 11.3 Å². The zero-order valence-corrected chi connectivity index (χ0v) is 19.8. The second-order valence-electron chi connectivity index (χ2n) is 10.0. The fraction of sp³-hybridized carbons (Fsp3) is 0.462. The minimum Gasteiger partial charge on any atom is -0.478 e. The van der Waals surface area contributed by atoms with Crippen molar-refractivity contribution in [1.82, 2.24) is 19.6 Å². The van der Waals surface area contributed by atoms with E-state index in [1.807, 2.05) is 31.2 Å². The molecule has 1 aromatic carbocycles. The van der Waals surface area contributed by atoms with Gasteiger partial charge in [0.05, 0.1) is 5.69 Å². The van der Waals surface area contributed by atoms with Crippen molar-refractivity contribution in [2.45, 2.75) is 65.7 Å². The van der Waals surface area contributed by atoms with Crippen LogP contribution in [0.2, 0.25) is 0 Å². The Kier molecular flexibility index (Phi) is 6.23. The lowest BCUT2D eigenvalue weighted by Gasteiger charge is -2.36. The van der Waals surface area contributed by atoms with Crippen LogP contribution in [0.1, 0.15) is 76.4 Å². The third-order valence-corrected chi connectivity index (χ3v) is 6.83. The molecule has 3 aromatic rings. The average molecular weight is 449 g/mol. The molecule has 1 fully saturated rings. The largest absolute Gasteiger partial charge is 0.478 e. The molecule has 2 aromatic heterocycles. The predicted octanol–water partition coefficient (Wildman–Crippen LogP) is 5.06. The highest BCUT2D eigenvalue weighted by molar-refractivity contribution is 5.85. The van der Waals surface area contributed by atoms with Gasteiger partial charge in [0.1, 0.15) is 5.82 Å². The van der Waals surface area contributed by atoms with E-state index in [1.54, 1.807) is 4.52 Å². The number of carbonyl (C=O) groups is 1. The Morgan fingerprint density at radius 2 is 1.97 bits per heavy atom. The van der Waals surface area contributed by atoms with Crippen LogP contribution in [0, 0.1) is 11.3 Å². The summed E-state index contributed by atoms with van der Waals surface area (Å²) in [5.41, 5.74) is 2.84. The fourth-order valence-electron chi connectivity index (χ4n) is 4.91. The Morgan fingerprint density at radius 1 is 1.24 bits per heavy atom. The van der Waals surface area contributed by atoms with Gasteiger partial charge in [-0.3, -0.25) is 4.79 Å². The van der Waals surface area contributed by atoms with E-state index in [0.29, 0.717) is 29.1 Å². The molecule has 4 rings (SSSR count). The van der Waals surface area contributed by atoms with Gasteiger partial charge in [-0.25, -0.2) is 14.3 Å². The van der Waals surface area contributed by atoms with Crippen LogP contribution in [0.4, 0.5) is 0 Å². The second-order valence-corrected chi connectivity index (χ2v) is 10.0. The predicted molar refractivity (Wildman–Crippen MR) is 129 cm³/mol. The Bertz CT molecular complexity index is 1250. The number of aryl methyl sites for hydroxylation is 1. The maximum atomic E-state index is 13.1. The van der Waals surface area contributed by atoms with Gasteiger partial charge < -0.3 is 10.1 Å². The molecule has 1 aliphatic rings. The number of benzene rings is 1. The number of aromatic nitrogens is 4. The number of imidazole rings is 1. The highest BCUT2D eigenvalue weighted by Gasteiger charge is 2.32. The molecule has 0 atom stereocenters. The molecule has 0 amide bonds. The highest BCUT2D eigenvalue weighted by Crippen LogP contribution is 2.43. The van der Waals surface area contributed by atoms with Crippen LogP contribution in [0.3, 0.4) is 0 Å². The van der Waals surface area contributed by atoms with E-state index < -0.39 is 5.97 Å². The van der Waals surface area contributed by atoms with Crippen LogP contribution in [0.15, 0.2) is 35.1 Å². The van der Waals surface area contributed by atoms with Crippen molar-refractivity contribution < 1.29 is 9.90 Å². The summed E-state index contributed by atoms with van der Waals surface area (Å²) < 4.78 is 1.76. The van der Waals surface area contributed by atoms with E-state index >= 15 is 0 Å². The number of hydrogen-bond donors (Lipinski definition) is 2. The first-order valence-corrected chi connectivity index (χ1v) is 11.7. The Balaban J connectivity index is 1.75. The van der Waals surface area contributed by atoms with Gasteiger partial charge in [0, 0.05) is 17.6 Å². The van der Waals surface area contributed by atoms with Crippen LogP contribution in [-0.4, -0.2) is 30.7 Å². The first kappa shape index (κ1) is 23.0. The topological polar surface area (TPSA) is 100 Å². The molecule has 0 unspecified atom stereocenters. The van der Waals surface area contributed by atoms with Gasteiger partial charge in [-0.15, -0.1) is 5.10 Å². The lowest BCUT2D eigenvalue weighted by Crippen LogP contribution is -2.26. The average Bonchev–Trinajstić information content (AvgIpc) is 3.17. The number of rotatable bonds is 5. The quantitative estimate of drug-likeness (QED) is 0.531. The third kappa shape index (κ3) is 4.77. The molecule has 0 bridgehead atoms. The lowest BCUT2D eigenvalue weighted by molar-refractivity contribution is -0.131. The van der Waals surface area contributed by atoms with Gasteiger partial charge in [0.25, 0.3) is 5.56 Å². The number of nitrogens with one attached hydrogen (secondary N) is 1. The number of carboxylic acid groups (broad SMARTS) is 1. The number of carboxylic acids is 1. The number of fused-ring (bicyclic) bond motifs is 1. The number of nitrogens with zero attached hydrogens (tertiary/aromatic N) is 3. The van der Waals surface area contributed by atoms with E-state index in [4.69, 9.17) is 15.2 Å². The highest BCUT2D eigenvalue weighted by atomic mass is 16.4. The fourth-order valence-corrected chi connectivity index (χ4v) is 4.91. The number of aliphatic carboxylic acids is 1. The molecule has 0 saturated heterocycles. The molecule has 7 nitrogen and oxygen atoms in total. The van der Waals surface area contributed by atoms with Crippen LogP contribution >= 0.6 is 0 Å². The summed E-state index contributed by atoms with van der Waals surface area (Å²) in [6.45, 7) is 8.94. The summed E-state index contributed by atoms with van der Waals surface area (Å²) in [6.07, 6.45) is 7.67. The van der Waals surface area contributed by atoms with E-state index in [-0.39, 0.29) is 11.5 Å². The maximum absolute atomic E-state index is 13.1. The first-order chi connectivity index (χ1) is 15.7. The molecule has 7 heteroatoms. The summed E-state index contributed by atoms with van der Waals surface area (Å²) in [6, 6.07) is 7.30. The van der Waals surface area contributed by atoms with Crippen LogP contribution < -0.4 is 5.56 Å². The third-order valence-electron chi connectivity index (χ3n) is 6.83. The van der Waals surface area contributed by atoms with Crippen molar-refractivity contribution in [1.29, 1.82) is 0 Å². The molecule has 1 saturated carbocycles. The minimum atomic E-state index is -1.01. The van der Waals surface area contributed by atoms with Crippen molar-refractivity contribution in [3.63, 3.8) is 0 Å². The van der Waals surface area contributed by atoms with Gasteiger partial charge >= 0.3 is 5.97 Å². The summed E-state index contributed by atoms with van der Waals surface area (Å²) in [4.78, 5) is 31.7. The van der Waals surface area contributed by atoms with Crippen molar-refractivity contribution >= 4 is 17.6 Å². The molecular formula is C26H32N4O3. The normalized spacial score (nSPS) is 19.4. The van der Waals surface area contributed by atoms with E-state index in [0.717, 1.165) is 54.4 Å². The molecule has 0 radical (unpaired) electrons. The van der Waals surface area contributed by atoms with Gasteiger partial charge in [-0.1, -0.05) is 45.9 Å². The number of aromatic amines is 1. The standard InChI is InChI=1S/C26H32N4O3/c1-5-20-22-25(33)28-23(18-8-6-7-16(15-18)9-14-21(31)32)29-30(22)24(27-20)17-10-12-19(13-11-17)26(2,3)4/h6-9,14-15,17,19H,5,10-13H2,1-4H3,(H,31,32)(H,28,29,33)/b14-9+. The molecule has 174 valence electrons. The molecule has 0 spiro atoms. The maximum Gasteiger partial charge on any atom is 0.328 e. The van der Waals surface area contributed by atoms with Crippen molar-refractivity contribution in [2.75, 3.05) is 0 Å². The van der Waals surface area contributed by atoms with E-state index in [9.17, 15) is 9.59 Å². The van der Waals surface area contributed by atoms with Crippen LogP contribution in [0.5, 0.6) is 0 Å². The molecule has 2 heterocycles. The summed E-state index contributed by atoms with van der Waals surface area (Å²) in [5, 5.41) is 13.7. The number of hydrogen-bond acceptors (Lipinski definition) is 4. The van der Waals surface area contributed by atoms with Gasteiger partial charge in [-0.05, 0) is 61.1 Å². The minimum absolute atomic E-state index is 0.203. The SMILES string of the molecule is CCc1nc(C2CCC(C(C)(C)C)CC2)n2nc(-c3cccc(/C=C/C(=O)O)c3)[nH]c(=O)c12. The van der Waals surface area contributed by atoms with E-state index in [1.165, 1.54) is 6.08 Å². The second kappa shape index (κ2) is 8.96. The zero-order chi connectivity index (χ0) is 23.8. The van der Waals surface area contributed by atoms with Crippen molar-refractivity contribution in [2.24, 2.45) is 11.3 Å². The van der Waals surface area contributed by atoms with Crippen molar-refractivity contribution in [3.05, 3.63) is 57.8 Å². The Labute approximate surface area is 193 Å². The molecule has 33 heavy (non-hydrogen) atoms. The Hall–Kier alpha value is -3.22. The monoisotopic (exact) mass is 448 g/mol. The number of H-pyrrole nitrogens is 1. The molecule has 1 aliphatic carbocycles. The first-order valence-electron chi connectivity index (χ1n) is 11.7. The van der Waals surface area contributed by atoms with Gasteiger partial charge in [0.2, 0.25) is 0 Å². The smallest absolute Gasteiger partial charge is 0.328 e. The molecule has 0 aliphatic heterocycles. The zero-order valence-electron chi connectivity index (χ0n) is 19.8. The summed E-state index contributed by atoms with van der Waals surface area (Å²) >= 11 is 0.